The number of nitro groups is 1. The zero-order valence-electron chi connectivity index (χ0n) is 13.0. The smallest absolute Gasteiger partial charge is 0.292 e. The van der Waals surface area contributed by atoms with Gasteiger partial charge in [0.2, 0.25) is 0 Å². The number of nitriles is 1. The number of hydrogen-bond donors (Lipinski definition) is 0. The highest BCUT2D eigenvalue weighted by Gasteiger charge is 2.17. The highest BCUT2D eigenvalue weighted by Crippen LogP contribution is 2.28. The van der Waals surface area contributed by atoms with Crippen molar-refractivity contribution < 1.29 is 9.66 Å². The molecule has 0 atom stereocenters. The van der Waals surface area contributed by atoms with Crippen LogP contribution in [0.4, 0.5) is 11.4 Å². The van der Waals surface area contributed by atoms with Crippen LogP contribution in [-0.4, -0.2) is 25.1 Å². The van der Waals surface area contributed by atoms with Crippen LogP contribution >= 0.6 is 0 Å². The van der Waals surface area contributed by atoms with Crippen molar-refractivity contribution in [3.8, 4) is 11.8 Å². The number of rotatable bonds is 6. The average Bonchev–Trinajstić information content (AvgIpc) is 2.54. The number of hydrogen-bond acceptors (Lipinski definition) is 5. The first-order valence-corrected chi connectivity index (χ1v) is 7.10. The maximum absolute atomic E-state index is 11.1. The van der Waals surface area contributed by atoms with Gasteiger partial charge < -0.3 is 9.64 Å². The third-order valence-corrected chi connectivity index (χ3v) is 3.40. The number of anilines is 1. The molecular formula is C17H17N3O3. The third-order valence-electron chi connectivity index (χ3n) is 3.40. The maximum atomic E-state index is 11.1. The van der Waals surface area contributed by atoms with Gasteiger partial charge in [-0.15, -0.1) is 0 Å². The van der Waals surface area contributed by atoms with E-state index in [9.17, 15) is 10.1 Å². The molecule has 6 nitrogen and oxygen atoms in total. The van der Waals surface area contributed by atoms with Gasteiger partial charge in [0.05, 0.1) is 23.1 Å². The van der Waals surface area contributed by atoms with Gasteiger partial charge in [-0.3, -0.25) is 10.1 Å². The van der Waals surface area contributed by atoms with Crippen molar-refractivity contribution in [2.45, 2.75) is 6.92 Å². The van der Waals surface area contributed by atoms with Crippen LogP contribution in [-0.2, 0) is 0 Å². The quantitative estimate of drug-likeness (QED) is 0.604. The van der Waals surface area contributed by atoms with Crippen molar-refractivity contribution in [1.82, 2.24) is 0 Å². The van der Waals surface area contributed by atoms with Crippen LogP contribution in [0.3, 0.4) is 0 Å². The van der Waals surface area contributed by atoms with Crippen LogP contribution < -0.4 is 9.64 Å². The molecule has 0 N–H and O–H groups in total. The minimum Gasteiger partial charge on any atom is -0.492 e. The molecule has 0 aliphatic heterocycles. The fourth-order valence-electron chi connectivity index (χ4n) is 2.18. The van der Waals surface area contributed by atoms with E-state index in [1.54, 1.807) is 11.9 Å². The predicted molar refractivity (Wildman–Crippen MR) is 87.8 cm³/mol. The number of likely N-dealkylation sites (N-methyl/N-ethyl adjacent to an activating group) is 1. The summed E-state index contributed by atoms with van der Waals surface area (Å²) < 4.78 is 5.66. The molecule has 0 spiro atoms. The third kappa shape index (κ3) is 4.20. The van der Waals surface area contributed by atoms with Crippen LogP contribution in [0.25, 0.3) is 0 Å². The van der Waals surface area contributed by atoms with Crippen molar-refractivity contribution in [3.63, 3.8) is 0 Å². The summed E-state index contributed by atoms with van der Waals surface area (Å²) in [5.41, 5.74) is 1.87. The molecule has 118 valence electrons. The fraction of sp³-hybridized carbons (Fsp3) is 0.235. The number of ether oxygens (including phenoxy) is 1. The summed E-state index contributed by atoms with van der Waals surface area (Å²) in [5, 5.41) is 20.1. The molecule has 2 rings (SSSR count). The van der Waals surface area contributed by atoms with Gasteiger partial charge in [0.15, 0.2) is 0 Å². The lowest BCUT2D eigenvalue weighted by Crippen LogP contribution is -2.24. The van der Waals surface area contributed by atoms with Crippen molar-refractivity contribution >= 4 is 11.4 Å². The first-order valence-electron chi connectivity index (χ1n) is 7.10. The topological polar surface area (TPSA) is 79.4 Å². The zero-order chi connectivity index (χ0) is 16.8. The molecule has 0 radical (unpaired) electrons. The fourth-order valence-corrected chi connectivity index (χ4v) is 2.18. The summed E-state index contributed by atoms with van der Waals surface area (Å²) in [7, 11) is 1.74. The van der Waals surface area contributed by atoms with Crippen LogP contribution in [0.15, 0.2) is 42.5 Å². The number of aryl methyl sites for hydroxylation is 1. The lowest BCUT2D eigenvalue weighted by atomic mass is 10.1. The molecule has 0 heterocycles. The number of nitrogens with zero attached hydrogens (tertiary/aromatic N) is 3. The number of nitro benzene ring substituents is 1. The van der Waals surface area contributed by atoms with E-state index in [0.29, 0.717) is 24.4 Å². The molecule has 2 aromatic carbocycles. The molecule has 0 unspecified atom stereocenters. The zero-order valence-corrected chi connectivity index (χ0v) is 13.0. The summed E-state index contributed by atoms with van der Waals surface area (Å²) >= 11 is 0. The van der Waals surface area contributed by atoms with Gasteiger partial charge in [0.1, 0.15) is 18.0 Å². The second kappa shape index (κ2) is 7.27. The Morgan fingerprint density at radius 1 is 1.30 bits per heavy atom. The molecule has 0 bridgehead atoms. The largest absolute Gasteiger partial charge is 0.492 e. The Balaban J connectivity index is 2.07. The maximum Gasteiger partial charge on any atom is 0.292 e. The standard InChI is InChI=1S/C17H17N3O3/c1-13-4-3-5-15(10-13)23-9-8-19(2)17-11-14(12-18)6-7-16(17)20(21)22/h3-7,10-11H,8-9H2,1-2H3. The van der Waals surface area contributed by atoms with Crippen molar-refractivity contribution in [3.05, 3.63) is 63.7 Å². The lowest BCUT2D eigenvalue weighted by molar-refractivity contribution is -0.384. The van der Waals surface area contributed by atoms with Crippen molar-refractivity contribution in [2.24, 2.45) is 0 Å². The van der Waals surface area contributed by atoms with Crippen molar-refractivity contribution in [1.29, 1.82) is 5.26 Å². The minimum atomic E-state index is -0.450. The molecule has 6 heteroatoms. The van der Waals surface area contributed by atoms with Gasteiger partial charge in [-0.2, -0.15) is 5.26 Å². The van der Waals surface area contributed by atoms with Gasteiger partial charge in [0.25, 0.3) is 5.69 Å². The van der Waals surface area contributed by atoms with Gasteiger partial charge >= 0.3 is 0 Å². The predicted octanol–water partition coefficient (Wildman–Crippen LogP) is 3.29. The van der Waals surface area contributed by atoms with Crippen LogP contribution in [0, 0.1) is 28.4 Å². The van der Waals surface area contributed by atoms with Crippen LogP contribution in [0.1, 0.15) is 11.1 Å². The summed E-state index contributed by atoms with van der Waals surface area (Å²) in [6.45, 7) is 2.83. The molecule has 0 amide bonds. The van der Waals surface area contributed by atoms with Gasteiger partial charge in [-0.1, -0.05) is 12.1 Å². The molecule has 0 fully saturated rings. The summed E-state index contributed by atoms with van der Waals surface area (Å²) in [6.07, 6.45) is 0. The van der Waals surface area contributed by atoms with Crippen molar-refractivity contribution in [2.75, 3.05) is 25.1 Å². The van der Waals surface area contributed by atoms with E-state index in [-0.39, 0.29) is 5.69 Å². The Morgan fingerprint density at radius 3 is 2.74 bits per heavy atom. The molecular weight excluding hydrogens is 294 g/mol. The Labute approximate surface area is 134 Å². The van der Waals surface area contributed by atoms with Crippen LogP contribution in [0.5, 0.6) is 5.75 Å². The Kier molecular flexibility index (Phi) is 5.15. The summed E-state index contributed by atoms with van der Waals surface area (Å²) in [5.74, 6) is 0.763. The van der Waals surface area contributed by atoms with Gasteiger partial charge in [0, 0.05) is 13.1 Å². The van der Waals surface area contributed by atoms with E-state index in [1.165, 1.54) is 18.2 Å². The Bertz CT molecular complexity index is 753. The SMILES string of the molecule is Cc1cccc(OCCN(C)c2cc(C#N)ccc2[N+](=O)[O-])c1. The number of benzene rings is 2. The van der Waals surface area contributed by atoms with E-state index in [1.807, 2.05) is 37.3 Å². The van der Waals surface area contributed by atoms with Gasteiger partial charge in [-0.05, 0) is 36.8 Å². The molecule has 0 aliphatic rings. The highest BCUT2D eigenvalue weighted by molar-refractivity contribution is 5.65. The second-order valence-corrected chi connectivity index (χ2v) is 5.16. The van der Waals surface area contributed by atoms with E-state index >= 15 is 0 Å². The molecule has 0 saturated heterocycles. The van der Waals surface area contributed by atoms with E-state index < -0.39 is 4.92 Å². The lowest BCUT2D eigenvalue weighted by Gasteiger charge is -2.19. The molecule has 0 aromatic heterocycles. The molecule has 23 heavy (non-hydrogen) atoms. The normalized spacial score (nSPS) is 9.96. The molecule has 2 aromatic rings. The monoisotopic (exact) mass is 311 g/mol. The second-order valence-electron chi connectivity index (χ2n) is 5.16. The first-order chi connectivity index (χ1) is 11.0. The van der Waals surface area contributed by atoms with Gasteiger partial charge in [-0.25, -0.2) is 0 Å². The first kappa shape index (κ1) is 16.3. The highest BCUT2D eigenvalue weighted by atomic mass is 16.6. The Morgan fingerprint density at radius 2 is 2.09 bits per heavy atom. The Hall–Kier alpha value is -3.07. The summed E-state index contributed by atoms with van der Waals surface area (Å²) in [4.78, 5) is 12.4. The summed E-state index contributed by atoms with van der Waals surface area (Å²) in [6, 6.07) is 14.0. The van der Waals surface area contributed by atoms with E-state index in [0.717, 1.165) is 11.3 Å². The van der Waals surface area contributed by atoms with Crippen LogP contribution in [0.2, 0.25) is 0 Å². The average molecular weight is 311 g/mol. The van der Waals surface area contributed by atoms with E-state index in [2.05, 4.69) is 0 Å². The minimum absolute atomic E-state index is 0.0259. The van der Waals surface area contributed by atoms with E-state index in [4.69, 9.17) is 10.00 Å². The molecule has 0 saturated carbocycles. The molecule has 0 aliphatic carbocycles.